The molecule has 0 atom stereocenters. The first-order chi connectivity index (χ1) is 14.0. The molecule has 1 aliphatic heterocycles. The van der Waals surface area contributed by atoms with E-state index in [0.717, 1.165) is 16.0 Å². The first-order valence-corrected chi connectivity index (χ1v) is 9.11. The number of carbonyl (C=O) groups is 3. The lowest BCUT2D eigenvalue weighted by Gasteiger charge is -2.11. The molecular weight excluding hydrogens is 368 g/mol. The molecule has 2 aromatic carbocycles. The van der Waals surface area contributed by atoms with Crippen LogP contribution in [0.4, 0.5) is 4.79 Å². The van der Waals surface area contributed by atoms with Gasteiger partial charge in [0.05, 0.1) is 6.54 Å². The van der Waals surface area contributed by atoms with Crippen molar-refractivity contribution in [2.45, 2.75) is 13.5 Å². The molecule has 0 saturated carbocycles. The van der Waals surface area contributed by atoms with Crippen molar-refractivity contribution in [3.05, 3.63) is 89.3 Å². The molecule has 0 radical (unpaired) electrons. The van der Waals surface area contributed by atoms with Crippen LogP contribution in [0.3, 0.4) is 0 Å². The largest absolute Gasteiger partial charge is 0.457 e. The summed E-state index contributed by atoms with van der Waals surface area (Å²) in [4.78, 5) is 37.3. The predicted octanol–water partition coefficient (Wildman–Crippen LogP) is 4.24. The van der Waals surface area contributed by atoms with Crippen LogP contribution in [0.15, 0.2) is 76.8 Å². The molecule has 1 saturated heterocycles. The molecule has 2 heterocycles. The minimum atomic E-state index is -0.461. The number of furan rings is 1. The molecule has 0 spiro atoms. The molecule has 0 aliphatic carbocycles. The summed E-state index contributed by atoms with van der Waals surface area (Å²) in [5, 5.41) is 2.59. The quantitative estimate of drug-likeness (QED) is 0.404. The van der Waals surface area contributed by atoms with Crippen molar-refractivity contribution in [2.75, 3.05) is 0 Å². The van der Waals surface area contributed by atoms with Gasteiger partial charge in [-0.2, -0.15) is 0 Å². The van der Waals surface area contributed by atoms with Gasteiger partial charge in [0, 0.05) is 17.2 Å². The van der Waals surface area contributed by atoms with E-state index in [1.807, 2.05) is 30.3 Å². The van der Waals surface area contributed by atoms with Crippen molar-refractivity contribution in [2.24, 2.45) is 0 Å². The molecule has 1 aliphatic rings. The molecule has 29 heavy (non-hydrogen) atoms. The molecule has 144 valence electrons. The van der Waals surface area contributed by atoms with Gasteiger partial charge in [0.1, 0.15) is 17.2 Å². The van der Waals surface area contributed by atoms with Gasteiger partial charge in [-0.05, 0) is 24.6 Å². The summed E-state index contributed by atoms with van der Waals surface area (Å²) in [6.07, 6.45) is 1.51. The Bertz CT molecular complexity index is 1110. The van der Waals surface area contributed by atoms with Gasteiger partial charge in [0.15, 0.2) is 5.78 Å². The van der Waals surface area contributed by atoms with E-state index in [-0.39, 0.29) is 18.0 Å². The summed E-state index contributed by atoms with van der Waals surface area (Å²) >= 11 is 0. The number of amides is 3. The van der Waals surface area contributed by atoms with Gasteiger partial charge < -0.3 is 9.73 Å². The topological polar surface area (TPSA) is 79.6 Å². The van der Waals surface area contributed by atoms with Gasteiger partial charge in [-0.3, -0.25) is 14.5 Å². The van der Waals surface area contributed by atoms with Gasteiger partial charge in [-0.1, -0.05) is 54.6 Å². The third-order valence-corrected chi connectivity index (χ3v) is 4.64. The van der Waals surface area contributed by atoms with Crippen LogP contribution in [-0.4, -0.2) is 22.6 Å². The van der Waals surface area contributed by atoms with Crippen molar-refractivity contribution < 1.29 is 18.8 Å². The lowest BCUT2D eigenvalue weighted by molar-refractivity contribution is -0.123. The summed E-state index contributed by atoms with van der Waals surface area (Å²) in [5.74, 6) is 0.644. The number of nitrogens with one attached hydrogen (secondary N) is 1. The Labute approximate surface area is 167 Å². The Morgan fingerprint density at radius 3 is 2.41 bits per heavy atom. The van der Waals surface area contributed by atoms with E-state index < -0.39 is 11.9 Å². The van der Waals surface area contributed by atoms with Crippen LogP contribution in [0.2, 0.25) is 0 Å². The molecule has 3 amide bonds. The highest BCUT2D eigenvalue weighted by atomic mass is 16.3. The average Bonchev–Trinajstić information content (AvgIpc) is 3.29. The number of nitrogens with zero attached hydrogens (tertiary/aromatic N) is 1. The third kappa shape index (κ3) is 3.87. The standard InChI is InChI=1S/C23H18N2O4/c1-15(26)17-7-9-18(10-8-17)21-12-11-19(29-21)13-20-22(27)25(23(28)24-20)14-16-5-3-2-4-6-16/h2-13H,14H2,1H3,(H,24,28). The molecule has 6 heteroatoms. The van der Waals surface area contributed by atoms with E-state index in [0.29, 0.717) is 17.1 Å². The van der Waals surface area contributed by atoms with Gasteiger partial charge >= 0.3 is 6.03 Å². The Morgan fingerprint density at radius 2 is 1.72 bits per heavy atom. The number of carbonyl (C=O) groups excluding carboxylic acids is 3. The maximum absolute atomic E-state index is 12.6. The normalized spacial score (nSPS) is 15.1. The van der Waals surface area contributed by atoms with E-state index in [2.05, 4.69) is 5.32 Å². The SMILES string of the molecule is CC(=O)c1ccc(-c2ccc(C=C3NC(=O)N(Cc4ccccc4)C3=O)o2)cc1. The lowest BCUT2D eigenvalue weighted by atomic mass is 10.1. The zero-order valence-corrected chi connectivity index (χ0v) is 15.7. The number of benzene rings is 2. The molecule has 4 rings (SSSR count). The summed E-state index contributed by atoms with van der Waals surface area (Å²) in [6, 6.07) is 19.4. The maximum Gasteiger partial charge on any atom is 0.329 e. The number of hydrogen-bond acceptors (Lipinski definition) is 4. The minimum Gasteiger partial charge on any atom is -0.457 e. The molecule has 1 aromatic heterocycles. The van der Waals surface area contributed by atoms with Crippen LogP contribution in [0.5, 0.6) is 0 Å². The van der Waals surface area contributed by atoms with Gasteiger partial charge in [-0.15, -0.1) is 0 Å². The highest BCUT2D eigenvalue weighted by molar-refractivity contribution is 6.13. The number of hydrogen-bond donors (Lipinski definition) is 1. The zero-order chi connectivity index (χ0) is 20.4. The fourth-order valence-electron chi connectivity index (χ4n) is 3.08. The second kappa shape index (κ2) is 7.59. The molecule has 6 nitrogen and oxygen atoms in total. The van der Waals surface area contributed by atoms with Crippen molar-refractivity contribution in [3.63, 3.8) is 0 Å². The minimum absolute atomic E-state index is 0.00281. The van der Waals surface area contributed by atoms with E-state index in [1.165, 1.54) is 13.0 Å². The first kappa shape index (κ1) is 18.4. The van der Waals surface area contributed by atoms with Crippen molar-refractivity contribution in [3.8, 4) is 11.3 Å². The second-order valence-electron chi connectivity index (χ2n) is 6.70. The smallest absolute Gasteiger partial charge is 0.329 e. The number of urea groups is 1. The number of imide groups is 1. The summed E-state index contributed by atoms with van der Waals surface area (Å²) in [7, 11) is 0. The number of rotatable bonds is 5. The Balaban J connectivity index is 1.52. The lowest BCUT2D eigenvalue weighted by Crippen LogP contribution is -2.30. The molecule has 0 bridgehead atoms. The second-order valence-corrected chi connectivity index (χ2v) is 6.70. The Morgan fingerprint density at radius 1 is 1.00 bits per heavy atom. The van der Waals surface area contributed by atoms with Crippen LogP contribution >= 0.6 is 0 Å². The van der Waals surface area contributed by atoms with Crippen molar-refractivity contribution in [1.82, 2.24) is 10.2 Å². The van der Waals surface area contributed by atoms with Crippen molar-refractivity contribution >= 4 is 23.8 Å². The van der Waals surface area contributed by atoms with E-state index in [1.54, 1.807) is 36.4 Å². The maximum atomic E-state index is 12.6. The highest BCUT2D eigenvalue weighted by Crippen LogP contribution is 2.25. The van der Waals surface area contributed by atoms with Gasteiger partial charge in [-0.25, -0.2) is 4.79 Å². The molecule has 3 aromatic rings. The fraction of sp³-hybridized carbons (Fsp3) is 0.0870. The van der Waals surface area contributed by atoms with E-state index in [4.69, 9.17) is 4.42 Å². The van der Waals surface area contributed by atoms with Crippen molar-refractivity contribution in [1.29, 1.82) is 0 Å². The van der Waals surface area contributed by atoms with Crippen LogP contribution < -0.4 is 5.32 Å². The molecular formula is C23H18N2O4. The monoisotopic (exact) mass is 386 g/mol. The third-order valence-electron chi connectivity index (χ3n) is 4.64. The first-order valence-electron chi connectivity index (χ1n) is 9.11. The number of Topliss-reactive ketones (excluding diaryl/α,β-unsaturated/α-hetero) is 1. The van der Waals surface area contributed by atoms with E-state index in [9.17, 15) is 14.4 Å². The Kier molecular flexibility index (Phi) is 4.83. The molecule has 1 fully saturated rings. The van der Waals surface area contributed by atoms with Crippen LogP contribution in [0.25, 0.3) is 17.4 Å². The van der Waals surface area contributed by atoms with Crippen LogP contribution in [0.1, 0.15) is 28.6 Å². The highest BCUT2D eigenvalue weighted by Gasteiger charge is 2.33. The molecule has 1 N–H and O–H groups in total. The zero-order valence-electron chi connectivity index (χ0n) is 15.7. The van der Waals surface area contributed by atoms with Crippen LogP contribution in [-0.2, 0) is 11.3 Å². The summed E-state index contributed by atoms with van der Waals surface area (Å²) in [5.41, 5.74) is 2.47. The predicted molar refractivity (Wildman–Crippen MR) is 108 cm³/mol. The average molecular weight is 386 g/mol. The summed E-state index contributed by atoms with van der Waals surface area (Å²) < 4.78 is 5.79. The summed E-state index contributed by atoms with van der Waals surface area (Å²) in [6.45, 7) is 1.72. The Hall–Kier alpha value is -3.93. The van der Waals surface area contributed by atoms with E-state index >= 15 is 0 Å². The van der Waals surface area contributed by atoms with Crippen LogP contribution in [0, 0.1) is 0 Å². The molecule has 0 unspecified atom stereocenters. The van der Waals surface area contributed by atoms with Gasteiger partial charge in [0.2, 0.25) is 0 Å². The van der Waals surface area contributed by atoms with Gasteiger partial charge in [0.25, 0.3) is 5.91 Å². The fourth-order valence-corrected chi connectivity index (χ4v) is 3.08. The number of ketones is 1.